The number of ketones is 1. The Morgan fingerprint density at radius 3 is 2.28 bits per heavy atom. The van der Waals surface area contributed by atoms with Crippen LogP contribution in [0.4, 0.5) is 0 Å². The van der Waals surface area contributed by atoms with Crippen molar-refractivity contribution in [2.75, 3.05) is 0 Å². The van der Waals surface area contributed by atoms with Gasteiger partial charge < -0.3 is 0 Å². The molecule has 5 nitrogen and oxygen atoms in total. The number of benzene rings is 2. The summed E-state index contributed by atoms with van der Waals surface area (Å²) in [6.07, 6.45) is 0.502. The molecular weight excluding hydrogens is 460 g/mol. The van der Waals surface area contributed by atoms with Crippen LogP contribution in [0, 0.1) is 13.8 Å². The second-order valence-electron chi connectivity index (χ2n) is 7.55. The fourth-order valence-corrected chi connectivity index (χ4v) is 6.53. The molecule has 0 N–H and O–H groups in total. The smallest absolute Gasteiger partial charge is 0.182 e. The Bertz CT molecular complexity index is 1340. The summed E-state index contributed by atoms with van der Waals surface area (Å²) in [4.78, 5) is 22.9. The number of sulfone groups is 1. The first-order valence-corrected chi connectivity index (χ1v) is 13.4. The van der Waals surface area contributed by atoms with Crippen molar-refractivity contribution in [3.8, 4) is 10.6 Å². The van der Waals surface area contributed by atoms with Gasteiger partial charge in [0.25, 0.3) is 0 Å². The van der Waals surface area contributed by atoms with Gasteiger partial charge in [-0.25, -0.2) is 18.4 Å². The minimum absolute atomic E-state index is 0.0444. The van der Waals surface area contributed by atoms with Crippen LogP contribution in [0.5, 0.6) is 0 Å². The van der Waals surface area contributed by atoms with E-state index in [0.717, 1.165) is 37.4 Å². The van der Waals surface area contributed by atoms with Crippen LogP contribution in [-0.2, 0) is 33.2 Å². The molecule has 0 atom stereocenters. The van der Waals surface area contributed by atoms with Gasteiger partial charge in [0.1, 0.15) is 10.8 Å². The molecule has 2 aromatic carbocycles. The number of Topliss-reactive ketones (excluding diaryl/α,β-unsaturated/α-hetero) is 1. The van der Waals surface area contributed by atoms with E-state index in [0.29, 0.717) is 0 Å². The van der Waals surface area contributed by atoms with E-state index < -0.39 is 9.84 Å². The van der Waals surface area contributed by atoms with Crippen molar-refractivity contribution in [3.63, 3.8) is 0 Å². The molecule has 0 radical (unpaired) electrons. The van der Waals surface area contributed by atoms with Crippen LogP contribution in [0.15, 0.2) is 64.9 Å². The molecule has 0 spiro atoms. The Hall–Kier alpha value is -2.68. The summed E-state index contributed by atoms with van der Waals surface area (Å²) >= 11 is 3.08. The molecular formula is C24H22N2O3S3. The summed E-state index contributed by atoms with van der Waals surface area (Å²) in [5.74, 6) is 0.0000562. The van der Waals surface area contributed by atoms with Crippen molar-refractivity contribution < 1.29 is 13.2 Å². The maximum atomic E-state index is 12.6. The maximum absolute atomic E-state index is 12.6. The van der Waals surface area contributed by atoms with Crippen molar-refractivity contribution >= 4 is 38.3 Å². The molecule has 0 aliphatic rings. The van der Waals surface area contributed by atoms with Gasteiger partial charge in [0, 0.05) is 11.8 Å². The van der Waals surface area contributed by atoms with E-state index in [2.05, 4.69) is 9.97 Å². The number of hydrogen-bond acceptors (Lipinski definition) is 7. The van der Waals surface area contributed by atoms with Crippen LogP contribution < -0.4 is 0 Å². The number of aromatic nitrogens is 2. The molecule has 0 saturated carbocycles. The third-order valence-corrected chi connectivity index (χ3v) is 8.57. The first-order valence-electron chi connectivity index (χ1n) is 10.1. The number of carbonyl (C=O) groups is 1. The van der Waals surface area contributed by atoms with Crippen LogP contribution in [-0.4, -0.2) is 24.2 Å². The molecule has 2 heterocycles. The van der Waals surface area contributed by atoms with E-state index in [1.54, 1.807) is 47.7 Å². The summed E-state index contributed by atoms with van der Waals surface area (Å²) in [7, 11) is -3.43. The fourth-order valence-electron chi connectivity index (χ4n) is 3.42. The highest BCUT2D eigenvalue weighted by molar-refractivity contribution is 7.90. The molecule has 0 amide bonds. The summed E-state index contributed by atoms with van der Waals surface area (Å²) in [5, 5.41) is 3.74. The number of hydrogen-bond donors (Lipinski definition) is 0. The molecule has 4 rings (SSSR count). The summed E-state index contributed by atoms with van der Waals surface area (Å²) in [5.41, 5.74) is 3.37. The molecule has 0 aliphatic heterocycles. The van der Waals surface area contributed by atoms with Crippen molar-refractivity contribution in [1.82, 2.24) is 9.97 Å². The number of aryl methyl sites for hydroxylation is 2. The first kappa shape index (κ1) is 22.5. The maximum Gasteiger partial charge on any atom is 0.182 e. The van der Waals surface area contributed by atoms with Crippen LogP contribution >= 0.6 is 22.7 Å². The predicted molar refractivity (Wildman–Crippen MR) is 129 cm³/mol. The third kappa shape index (κ3) is 5.38. The third-order valence-electron chi connectivity index (χ3n) is 4.92. The molecule has 32 heavy (non-hydrogen) atoms. The Kier molecular flexibility index (Phi) is 6.64. The highest BCUT2D eigenvalue weighted by atomic mass is 32.2. The van der Waals surface area contributed by atoms with Crippen LogP contribution in [0.3, 0.4) is 0 Å². The average Bonchev–Trinajstić information content (AvgIpc) is 3.34. The zero-order valence-corrected chi connectivity index (χ0v) is 20.2. The van der Waals surface area contributed by atoms with Gasteiger partial charge in [0.15, 0.2) is 9.84 Å². The van der Waals surface area contributed by atoms with Crippen LogP contribution in [0.2, 0.25) is 0 Å². The SMILES string of the molecule is Cc1nc(C)c(-c2csc(CC(=O)Cc3ccc(S(=O)(=O)Cc4ccccc4)cc3)n2)s1. The number of rotatable bonds is 8. The van der Waals surface area contributed by atoms with Gasteiger partial charge >= 0.3 is 0 Å². The van der Waals surface area contributed by atoms with Gasteiger partial charge in [0.2, 0.25) is 0 Å². The predicted octanol–water partition coefficient (Wildman–Crippen LogP) is 5.21. The minimum Gasteiger partial charge on any atom is -0.299 e. The van der Waals surface area contributed by atoms with E-state index in [1.165, 1.54) is 11.3 Å². The van der Waals surface area contributed by atoms with Crippen molar-refractivity contribution in [3.05, 3.63) is 86.8 Å². The van der Waals surface area contributed by atoms with Crippen LogP contribution in [0.25, 0.3) is 10.6 Å². The summed E-state index contributed by atoms with van der Waals surface area (Å²) < 4.78 is 25.3. The molecule has 0 unspecified atom stereocenters. The van der Waals surface area contributed by atoms with Crippen molar-refractivity contribution in [1.29, 1.82) is 0 Å². The lowest BCUT2D eigenvalue weighted by atomic mass is 10.1. The highest BCUT2D eigenvalue weighted by Crippen LogP contribution is 2.30. The van der Waals surface area contributed by atoms with Gasteiger partial charge in [0.05, 0.1) is 38.3 Å². The lowest BCUT2D eigenvalue weighted by Crippen LogP contribution is -2.08. The second kappa shape index (κ2) is 9.44. The number of carbonyl (C=O) groups excluding carboxylic acids is 1. The van der Waals surface area contributed by atoms with Crippen LogP contribution in [0.1, 0.15) is 26.8 Å². The van der Waals surface area contributed by atoms with E-state index in [1.807, 2.05) is 37.4 Å². The molecule has 0 aliphatic carbocycles. The van der Waals surface area contributed by atoms with Gasteiger partial charge in [-0.05, 0) is 37.1 Å². The van der Waals surface area contributed by atoms with Crippen molar-refractivity contribution in [2.45, 2.75) is 37.3 Å². The van der Waals surface area contributed by atoms with Crippen molar-refractivity contribution in [2.24, 2.45) is 0 Å². The molecule has 164 valence electrons. The van der Waals surface area contributed by atoms with Gasteiger partial charge in [-0.2, -0.15) is 0 Å². The topological polar surface area (TPSA) is 77.0 Å². The normalized spacial score (nSPS) is 11.6. The standard InChI is InChI=1S/C24H22N2O3S3/c1-16-24(31-17(2)25-16)22-14-30-23(26-22)13-20(27)12-18-8-10-21(11-9-18)32(28,29)15-19-6-4-3-5-7-19/h3-11,14H,12-13,15H2,1-2H3. The largest absolute Gasteiger partial charge is 0.299 e. The minimum atomic E-state index is -3.43. The molecule has 2 aromatic heterocycles. The zero-order valence-electron chi connectivity index (χ0n) is 17.7. The number of thiazole rings is 2. The lowest BCUT2D eigenvalue weighted by molar-refractivity contribution is -0.117. The summed E-state index contributed by atoms with van der Waals surface area (Å²) in [6, 6.07) is 15.7. The molecule has 0 saturated heterocycles. The Morgan fingerprint density at radius 1 is 0.906 bits per heavy atom. The van der Waals surface area contributed by atoms with Gasteiger partial charge in [-0.1, -0.05) is 42.5 Å². The Balaban J connectivity index is 1.38. The van der Waals surface area contributed by atoms with E-state index >= 15 is 0 Å². The van der Waals surface area contributed by atoms with E-state index in [4.69, 9.17) is 0 Å². The zero-order chi connectivity index (χ0) is 22.7. The fraction of sp³-hybridized carbons (Fsp3) is 0.208. The second-order valence-corrected chi connectivity index (χ2v) is 11.7. The highest BCUT2D eigenvalue weighted by Gasteiger charge is 2.17. The average molecular weight is 483 g/mol. The van der Waals surface area contributed by atoms with Gasteiger partial charge in [-0.15, -0.1) is 22.7 Å². The molecule has 0 fully saturated rings. The lowest BCUT2D eigenvalue weighted by Gasteiger charge is -2.06. The Labute approximate surface area is 195 Å². The quantitative estimate of drug-likeness (QED) is 0.344. The summed E-state index contributed by atoms with van der Waals surface area (Å²) in [6.45, 7) is 3.93. The number of nitrogens with zero attached hydrogens (tertiary/aromatic N) is 2. The first-order chi connectivity index (χ1) is 15.3. The van der Waals surface area contributed by atoms with Gasteiger partial charge in [-0.3, -0.25) is 4.79 Å². The molecule has 8 heteroatoms. The van der Waals surface area contributed by atoms with E-state index in [9.17, 15) is 13.2 Å². The molecule has 0 bridgehead atoms. The van der Waals surface area contributed by atoms with E-state index in [-0.39, 0.29) is 29.3 Å². The monoisotopic (exact) mass is 482 g/mol. The molecule has 4 aromatic rings. The Morgan fingerprint density at radius 2 is 1.62 bits per heavy atom.